The van der Waals surface area contributed by atoms with Crippen molar-refractivity contribution in [1.82, 2.24) is 15.0 Å². The van der Waals surface area contributed by atoms with Crippen molar-refractivity contribution in [1.29, 1.82) is 5.26 Å². The van der Waals surface area contributed by atoms with E-state index in [1.54, 1.807) is 0 Å². The number of H-pyrrole nitrogens is 2. The predicted octanol–water partition coefficient (Wildman–Crippen LogP) is 3.31. The summed E-state index contributed by atoms with van der Waals surface area (Å²) < 4.78 is 0. The summed E-state index contributed by atoms with van der Waals surface area (Å²) >= 11 is 1.50. The summed E-state index contributed by atoms with van der Waals surface area (Å²) in [6.07, 6.45) is 0. The van der Waals surface area contributed by atoms with E-state index in [0.717, 1.165) is 27.5 Å². The number of nitriles is 1. The van der Waals surface area contributed by atoms with Gasteiger partial charge in [0.25, 0.3) is 5.56 Å². The molecule has 6 heteroatoms. The summed E-state index contributed by atoms with van der Waals surface area (Å²) in [7, 11) is 0. The lowest BCUT2D eigenvalue weighted by atomic mass is 10.1. The Kier molecular flexibility index (Phi) is 2.65. The standard InChI is InChI=1S/C16H10N4OS/c1-8-2-11-9(3-10(8)5-17)4-12(18-11)15-16(21)20-14-7-22-6-13(14)19-15/h2-4,6-7,18H,1H3,(H,20,21). The number of hydrogen-bond donors (Lipinski definition) is 2. The van der Waals surface area contributed by atoms with Crippen molar-refractivity contribution in [3.8, 4) is 17.5 Å². The minimum absolute atomic E-state index is 0.227. The quantitative estimate of drug-likeness (QED) is 0.565. The average molecular weight is 306 g/mol. The second-order valence-corrected chi connectivity index (χ2v) is 5.88. The van der Waals surface area contributed by atoms with Crippen LogP contribution in [-0.4, -0.2) is 15.0 Å². The van der Waals surface area contributed by atoms with E-state index in [0.29, 0.717) is 17.0 Å². The van der Waals surface area contributed by atoms with E-state index in [2.05, 4.69) is 21.0 Å². The molecule has 4 rings (SSSR count). The van der Waals surface area contributed by atoms with Crippen LogP contribution in [0, 0.1) is 18.3 Å². The van der Waals surface area contributed by atoms with Gasteiger partial charge in [-0.25, -0.2) is 4.98 Å². The second kappa shape index (κ2) is 4.55. The van der Waals surface area contributed by atoms with Crippen molar-refractivity contribution >= 4 is 33.3 Å². The van der Waals surface area contributed by atoms with Crippen LogP contribution in [0.3, 0.4) is 0 Å². The van der Waals surface area contributed by atoms with Crippen LogP contribution >= 0.6 is 11.3 Å². The Bertz CT molecular complexity index is 1130. The van der Waals surface area contributed by atoms with E-state index < -0.39 is 0 Å². The molecule has 3 aromatic heterocycles. The van der Waals surface area contributed by atoms with E-state index >= 15 is 0 Å². The maximum Gasteiger partial charge on any atom is 0.276 e. The highest BCUT2D eigenvalue weighted by atomic mass is 32.1. The topological polar surface area (TPSA) is 85.3 Å². The van der Waals surface area contributed by atoms with Gasteiger partial charge in [0.05, 0.1) is 28.4 Å². The molecule has 0 spiro atoms. The molecule has 4 aromatic rings. The van der Waals surface area contributed by atoms with Gasteiger partial charge < -0.3 is 9.97 Å². The van der Waals surface area contributed by atoms with Crippen LogP contribution in [0.5, 0.6) is 0 Å². The number of aromatic amines is 2. The molecule has 0 fully saturated rings. The summed E-state index contributed by atoms with van der Waals surface area (Å²) in [6, 6.07) is 7.76. The molecule has 0 radical (unpaired) electrons. The third kappa shape index (κ3) is 1.84. The molecule has 0 aliphatic heterocycles. The number of fused-ring (bicyclic) bond motifs is 2. The summed E-state index contributed by atoms with van der Waals surface area (Å²) in [5.41, 5.74) is 4.72. The molecular formula is C16H10N4OS. The van der Waals surface area contributed by atoms with Crippen LogP contribution < -0.4 is 5.56 Å². The molecule has 106 valence electrons. The van der Waals surface area contributed by atoms with Crippen molar-refractivity contribution in [2.75, 3.05) is 0 Å². The number of nitrogens with one attached hydrogen (secondary N) is 2. The number of aryl methyl sites for hydroxylation is 1. The molecule has 0 bridgehead atoms. The minimum Gasteiger partial charge on any atom is -0.353 e. The van der Waals surface area contributed by atoms with Gasteiger partial charge in [0.1, 0.15) is 0 Å². The zero-order valence-electron chi connectivity index (χ0n) is 11.6. The van der Waals surface area contributed by atoms with Gasteiger partial charge in [-0.05, 0) is 30.7 Å². The number of rotatable bonds is 1. The number of aromatic nitrogens is 3. The van der Waals surface area contributed by atoms with E-state index in [4.69, 9.17) is 5.26 Å². The highest BCUT2D eigenvalue weighted by Gasteiger charge is 2.12. The van der Waals surface area contributed by atoms with Crippen molar-refractivity contribution < 1.29 is 0 Å². The smallest absolute Gasteiger partial charge is 0.276 e. The van der Waals surface area contributed by atoms with E-state index in [1.807, 2.05) is 35.9 Å². The van der Waals surface area contributed by atoms with E-state index in [9.17, 15) is 4.79 Å². The average Bonchev–Trinajstić information content (AvgIpc) is 3.10. The molecular weight excluding hydrogens is 296 g/mol. The van der Waals surface area contributed by atoms with Crippen LogP contribution in [-0.2, 0) is 0 Å². The highest BCUT2D eigenvalue weighted by Crippen LogP contribution is 2.25. The first kappa shape index (κ1) is 12.8. The van der Waals surface area contributed by atoms with Gasteiger partial charge >= 0.3 is 0 Å². The first-order valence-electron chi connectivity index (χ1n) is 6.66. The van der Waals surface area contributed by atoms with Crippen molar-refractivity contribution in [2.45, 2.75) is 6.92 Å². The summed E-state index contributed by atoms with van der Waals surface area (Å²) in [5.74, 6) is 0. The molecule has 0 saturated carbocycles. The lowest BCUT2D eigenvalue weighted by molar-refractivity contribution is 1.21. The number of thiophene rings is 1. The third-order valence-corrected chi connectivity index (χ3v) is 4.41. The van der Waals surface area contributed by atoms with Crippen molar-refractivity contribution in [2.24, 2.45) is 0 Å². The van der Waals surface area contributed by atoms with Crippen LogP contribution in [0.4, 0.5) is 0 Å². The normalized spacial score (nSPS) is 11.1. The molecule has 22 heavy (non-hydrogen) atoms. The number of benzene rings is 1. The summed E-state index contributed by atoms with van der Waals surface area (Å²) in [5, 5.41) is 13.8. The lowest BCUT2D eigenvalue weighted by Crippen LogP contribution is -2.10. The van der Waals surface area contributed by atoms with Gasteiger partial charge in [-0.15, -0.1) is 11.3 Å². The molecule has 0 unspecified atom stereocenters. The Balaban J connectivity index is 1.98. The van der Waals surface area contributed by atoms with Crippen LogP contribution in [0.25, 0.3) is 33.3 Å². The Morgan fingerprint density at radius 3 is 2.86 bits per heavy atom. The van der Waals surface area contributed by atoms with Crippen molar-refractivity contribution in [3.05, 3.63) is 50.4 Å². The largest absolute Gasteiger partial charge is 0.353 e. The third-order valence-electron chi connectivity index (χ3n) is 3.68. The first-order valence-corrected chi connectivity index (χ1v) is 7.60. The van der Waals surface area contributed by atoms with Crippen LogP contribution in [0.15, 0.2) is 33.8 Å². The predicted molar refractivity (Wildman–Crippen MR) is 87.0 cm³/mol. The second-order valence-electron chi connectivity index (χ2n) is 5.13. The number of hydrogen-bond acceptors (Lipinski definition) is 4. The maximum absolute atomic E-state index is 12.2. The zero-order valence-corrected chi connectivity index (χ0v) is 12.4. The van der Waals surface area contributed by atoms with Gasteiger partial charge in [0, 0.05) is 21.7 Å². The fourth-order valence-electron chi connectivity index (χ4n) is 2.54. The Hall–Kier alpha value is -2.91. The van der Waals surface area contributed by atoms with E-state index in [1.165, 1.54) is 11.3 Å². The summed E-state index contributed by atoms with van der Waals surface area (Å²) in [4.78, 5) is 22.7. The van der Waals surface area contributed by atoms with Crippen LogP contribution in [0.2, 0.25) is 0 Å². The monoisotopic (exact) mass is 306 g/mol. The molecule has 0 aliphatic carbocycles. The highest BCUT2D eigenvalue weighted by molar-refractivity contribution is 7.09. The lowest BCUT2D eigenvalue weighted by Gasteiger charge is -1.97. The molecule has 2 N–H and O–H groups in total. The molecule has 1 aromatic carbocycles. The molecule has 0 atom stereocenters. The first-order chi connectivity index (χ1) is 10.7. The van der Waals surface area contributed by atoms with Gasteiger partial charge in [0.2, 0.25) is 0 Å². The Morgan fingerprint density at radius 2 is 2.05 bits per heavy atom. The molecule has 3 heterocycles. The van der Waals surface area contributed by atoms with E-state index in [-0.39, 0.29) is 5.56 Å². The summed E-state index contributed by atoms with van der Waals surface area (Å²) in [6.45, 7) is 1.89. The molecule has 5 nitrogen and oxygen atoms in total. The zero-order chi connectivity index (χ0) is 15.3. The Morgan fingerprint density at radius 1 is 1.18 bits per heavy atom. The fraction of sp³-hybridized carbons (Fsp3) is 0.0625. The Labute approximate surface area is 128 Å². The molecule has 0 saturated heterocycles. The number of nitrogens with zero attached hydrogens (tertiary/aromatic N) is 2. The maximum atomic E-state index is 12.2. The SMILES string of the molecule is Cc1cc2[nH]c(-c3nc4cscc4[nH]c3=O)cc2cc1C#N. The van der Waals surface area contributed by atoms with Crippen molar-refractivity contribution in [3.63, 3.8) is 0 Å². The van der Waals surface area contributed by atoms with Gasteiger partial charge in [-0.3, -0.25) is 4.79 Å². The molecule has 0 amide bonds. The van der Waals surface area contributed by atoms with Crippen LogP contribution in [0.1, 0.15) is 11.1 Å². The minimum atomic E-state index is -0.227. The van der Waals surface area contributed by atoms with Gasteiger partial charge in [0.15, 0.2) is 5.69 Å². The van der Waals surface area contributed by atoms with Gasteiger partial charge in [-0.1, -0.05) is 0 Å². The fourth-order valence-corrected chi connectivity index (χ4v) is 3.24. The molecule has 0 aliphatic rings. The van der Waals surface area contributed by atoms with Gasteiger partial charge in [-0.2, -0.15) is 5.26 Å².